The molecule has 0 atom stereocenters. The van der Waals surface area contributed by atoms with E-state index < -0.39 is 0 Å². The molecule has 1 saturated carbocycles. The van der Waals surface area contributed by atoms with Gasteiger partial charge in [0, 0.05) is 30.4 Å². The molecule has 3 aromatic rings. The van der Waals surface area contributed by atoms with Crippen molar-refractivity contribution in [3.63, 3.8) is 0 Å². The van der Waals surface area contributed by atoms with Crippen LogP contribution in [0.2, 0.25) is 0 Å². The lowest BCUT2D eigenvalue weighted by Gasteiger charge is -2.16. The van der Waals surface area contributed by atoms with Crippen molar-refractivity contribution in [1.82, 2.24) is 19.9 Å². The Hall–Kier alpha value is -3.66. The van der Waals surface area contributed by atoms with Gasteiger partial charge in [0.15, 0.2) is 5.65 Å². The number of fused-ring (bicyclic) bond motifs is 1. The first kappa shape index (κ1) is 21.6. The van der Waals surface area contributed by atoms with E-state index in [-0.39, 0.29) is 18.6 Å². The molecule has 1 aliphatic carbocycles. The van der Waals surface area contributed by atoms with Gasteiger partial charge >= 0.3 is 0 Å². The zero-order valence-corrected chi connectivity index (χ0v) is 18.2. The Bertz CT molecular complexity index is 1180. The van der Waals surface area contributed by atoms with Gasteiger partial charge in [-0.3, -0.25) is 4.79 Å². The van der Waals surface area contributed by atoms with E-state index in [4.69, 9.17) is 11.1 Å². The van der Waals surface area contributed by atoms with E-state index in [1.807, 2.05) is 0 Å². The fourth-order valence-corrected chi connectivity index (χ4v) is 4.05. The Morgan fingerprint density at radius 3 is 2.69 bits per heavy atom. The maximum atomic E-state index is 12.9. The predicted molar refractivity (Wildman–Crippen MR) is 125 cm³/mol. The molecule has 1 aromatic carbocycles. The summed E-state index contributed by atoms with van der Waals surface area (Å²) in [5.41, 5.74) is 9.44. The number of nitrogens with two attached hydrogens (primary N) is 1. The van der Waals surface area contributed by atoms with Crippen molar-refractivity contribution in [3.8, 4) is 0 Å². The van der Waals surface area contributed by atoms with Crippen molar-refractivity contribution in [3.05, 3.63) is 41.1 Å². The van der Waals surface area contributed by atoms with E-state index in [0.29, 0.717) is 51.1 Å². The van der Waals surface area contributed by atoms with Gasteiger partial charge in [-0.15, -0.1) is 0 Å². The normalized spacial score (nSPS) is 14.0. The van der Waals surface area contributed by atoms with Crippen LogP contribution < -0.4 is 21.7 Å². The summed E-state index contributed by atoms with van der Waals surface area (Å²) in [6, 6.07) is 5.35. The third-order valence-electron chi connectivity index (χ3n) is 5.75. The number of aliphatic hydroxyl groups is 1. The Labute approximate surface area is 185 Å². The number of anilines is 4. The fourth-order valence-electron chi connectivity index (χ4n) is 4.05. The first-order chi connectivity index (χ1) is 15.4. The summed E-state index contributed by atoms with van der Waals surface area (Å²) in [5.74, 6) is 0.896. The second-order valence-electron chi connectivity index (χ2n) is 8.04. The smallest absolute Gasteiger partial charge is 0.256 e. The predicted octanol–water partition coefficient (Wildman–Crippen LogP) is 2.65. The van der Waals surface area contributed by atoms with Gasteiger partial charge < -0.3 is 32.2 Å². The molecule has 0 spiro atoms. The molecule has 32 heavy (non-hydrogen) atoms. The van der Waals surface area contributed by atoms with Crippen LogP contribution in [-0.4, -0.2) is 44.4 Å². The van der Waals surface area contributed by atoms with Crippen LogP contribution in [0, 0.1) is 5.41 Å². The van der Waals surface area contributed by atoms with E-state index in [1.54, 1.807) is 36.7 Å². The summed E-state index contributed by atoms with van der Waals surface area (Å²) in [6.07, 6.45) is 5.75. The van der Waals surface area contributed by atoms with E-state index in [2.05, 4.69) is 26.0 Å². The number of nitrogens with zero attached hydrogens (tertiary/aromatic N) is 3. The van der Waals surface area contributed by atoms with E-state index in [9.17, 15) is 9.90 Å². The third kappa shape index (κ3) is 4.09. The van der Waals surface area contributed by atoms with Crippen molar-refractivity contribution in [2.24, 2.45) is 0 Å². The molecule has 10 nitrogen and oxygen atoms in total. The minimum atomic E-state index is -0.192. The highest BCUT2D eigenvalue weighted by atomic mass is 16.3. The number of hydrogen-bond acceptors (Lipinski definition) is 8. The number of amides is 1. The second kappa shape index (κ2) is 8.83. The summed E-state index contributed by atoms with van der Waals surface area (Å²) in [5, 5.41) is 31.3. The fraction of sp³-hybridized carbons (Fsp3) is 0.364. The zero-order chi connectivity index (χ0) is 22.8. The van der Waals surface area contributed by atoms with Gasteiger partial charge in [-0.05, 0) is 37.5 Å². The number of nitrogens with one attached hydrogen (secondary N) is 4. The van der Waals surface area contributed by atoms with Crippen LogP contribution >= 0.6 is 0 Å². The van der Waals surface area contributed by atoms with Gasteiger partial charge in [0.05, 0.1) is 24.2 Å². The lowest BCUT2D eigenvalue weighted by Crippen LogP contribution is -2.32. The summed E-state index contributed by atoms with van der Waals surface area (Å²) in [4.78, 5) is 17.5. The van der Waals surface area contributed by atoms with Crippen LogP contribution in [-0.2, 0) is 6.61 Å². The van der Waals surface area contributed by atoms with Crippen molar-refractivity contribution in [2.75, 3.05) is 23.4 Å². The minimum absolute atomic E-state index is 0.183. The third-order valence-corrected chi connectivity index (χ3v) is 5.75. The van der Waals surface area contributed by atoms with Crippen molar-refractivity contribution in [1.29, 1.82) is 5.41 Å². The highest BCUT2D eigenvalue weighted by Gasteiger charge is 2.22. The molecule has 0 bridgehead atoms. The molecule has 1 fully saturated rings. The maximum absolute atomic E-state index is 12.9. The molecule has 10 heteroatoms. The molecule has 0 unspecified atom stereocenters. The molecular weight excluding hydrogens is 408 g/mol. The minimum Gasteiger partial charge on any atom is -0.397 e. The topological polar surface area (TPSA) is 153 Å². The average Bonchev–Trinajstić information content (AvgIpc) is 3.44. The second-order valence-corrected chi connectivity index (χ2v) is 8.04. The number of hydrogen-bond donors (Lipinski definition) is 6. The Balaban J connectivity index is 1.73. The van der Waals surface area contributed by atoms with Crippen LogP contribution in [0.4, 0.5) is 23.0 Å². The van der Waals surface area contributed by atoms with Crippen LogP contribution in [0.1, 0.15) is 54.1 Å². The van der Waals surface area contributed by atoms with Crippen LogP contribution in [0.3, 0.4) is 0 Å². The lowest BCUT2D eigenvalue weighted by molar-refractivity contribution is 0.0939. The number of benzene rings is 1. The Kier molecular flexibility index (Phi) is 5.95. The quantitative estimate of drug-likeness (QED) is 0.246. The Morgan fingerprint density at radius 2 is 2.03 bits per heavy atom. The highest BCUT2D eigenvalue weighted by molar-refractivity contribution is 6.04. The Morgan fingerprint density at radius 1 is 1.28 bits per heavy atom. The molecule has 7 N–H and O–H groups in total. The molecule has 1 aliphatic rings. The molecule has 168 valence electrons. The number of rotatable bonds is 7. The molecule has 2 heterocycles. The molecule has 4 rings (SSSR count). The monoisotopic (exact) mass is 436 g/mol. The molecule has 0 aliphatic heterocycles. The zero-order valence-electron chi connectivity index (χ0n) is 18.2. The van der Waals surface area contributed by atoms with Crippen LogP contribution in [0.15, 0.2) is 24.4 Å². The summed E-state index contributed by atoms with van der Waals surface area (Å²) in [7, 11) is 1.76. The van der Waals surface area contributed by atoms with Gasteiger partial charge in [-0.25, -0.2) is 4.98 Å². The summed E-state index contributed by atoms with van der Waals surface area (Å²) >= 11 is 0. The van der Waals surface area contributed by atoms with Crippen molar-refractivity contribution >= 4 is 40.3 Å². The van der Waals surface area contributed by atoms with Crippen LogP contribution in [0.25, 0.3) is 5.65 Å². The highest BCUT2D eigenvalue weighted by Crippen LogP contribution is 2.30. The van der Waals surface area contributed by atoms with Crippen LogP contribution in [0.5, 0.6) is 0 Å². The largest absolute Gasteiger partial charge is 0.397 e. The van der Waals surface area contributed by atoms with Gasteiger partial charge in [-0.1, -0.05) is 12.8 Å². The maximum Gasteiger partial charge on any atom is 0.256 e. The number of nitrogen functional groups attached to an aromatic ring is 1. The number of aliphatic hydroxyl groups excluding tert-OH is 1. The van der Waals surface area contributed by atoms with Gasteiger partial charge in [0.2, 0.25) is 0 Å². The first-order valence-corrected chi connectivity index (χ1v) is 10.6. The molecular formula is C22H28N8O2. The summed E-state index contributed by atoms with van der Waals surface area (Å²) in [6.45, 7) is 1.46. The molecule has 0 radical (unpaired) electrons. The van der Waals surface area contributed by atoms with Crippen molar-refractivity contribution < 1.29 is 9.90 Å². The number of aromatic nitrogens is 3. The van der Waals surface area contributed by atoms with E-state index in [0.717, 1.165) is 25.7 Å². The van der Waals surface area contributed by atoms with E-state index >= 15 is 0 Å². The number of carbonyl (C=O) groups is 1. The molecule has 1 amide bonds. The van der Waals surface area contributed by atoms with Gasteiger partial charge in [0.25, 0.3) is 5.91 Å². The van der Waals surface area contributed by atoms with Gasteiger partial charge in [0.1, 0.15) is 17.2 Å². The average molecular weight is 437 g/mol. The van der Waals surface area contributed by atoms with Gasteiger partial charge in [-0.2, -0.15) is 9.61 Å². The SMILES string of the molecule is CNc1cc(Nc2cc(CO)cc(C(C)=N)c2N)nc2c(C(=O)NC3CCCC3)cnn12. The first-order valence-electron chi connectivity index (χ1n) is 10.6. The molecule has 2 aromatic heterocycles. The standard InChI is InChI=1S/C22H28N8O2/c1-12(23)15-7-13(11-31)8-17(20(15)24)28-18-9-19(25-2)30-21(29-18)16(10-26-30)22(32)27-14-5-3-4-6-14/h7-10,14,23,25,31H,3-6,11,24H2,1-2H3,(H,27,32)(H,28,29). The molecule has 0 saturated heterocycles. The number of carbonyl (C=O) groups excluding carboxylic acids is 1. The lowest BCUT2D eigenvalue weighted by atomic mass is 10.0. The van der Waals surface area contributed by atoms with E-state index in [1.165, 1.54) is 6.20 Å². The van der Waals surface area contributed by atoms with Crippen molar-refractivity contribution in [2.45, 2.75) is 45.3 Å². The summed E-state index contributed by atoms with van der Waals surface area (Å²) < 4.78 is 1.58.